The summed E-state index contributed by atoms with van der Waals surface area (Å²) in [4.78, 5) is 10.5. The molecule has 1 aromatic carbocycles. The van der Waals surface area contributed by atoms with Crippen LogP contribution in [0.3, 0.4) is 0 Å². The average molecular weight is 264 g/mol. The fourth-order valence-corrected chi connectivity index (χ4v) is 1.56. The molecule has 1 N–H and O–H groups in total. The van der Waals surface area contributed by atoms with Gasteiger partial charge in [0.15, 0.2) is 0 Å². The smallest absolute Gasteiger partial charge is 0.417 e. The molecule has 0 saturated carbocycles. The first-order valence-electron chi connectivity index (χ1n) is 4.27. The van der Waals surface area contributed by atoms with Crippen LogP contribution in [-0.2, 0) is 17.4 Å². The molecule has 0 fully saturated rings. The van der Waals surface area contributed by atoms with Crippen LogP contribution in [0.2, 0.25) is 5.02 Å². The maximum atomic E-state index is 12.6. The van der Waals surface area contributed by atoms with Gasteiger partial charge in [-0.2, -0.15) is 18.4 Å². The minimum atomic E-state index is -4.75. The zero-order chi connectivity index (χ0) is 13.2. The fraction of sp³-hybridized carbons (Fsp3) is 0.200. The summed E-state index contributed by atoms with van der Waals surface area (Å²) >= 11 is 5.47. The molecule has 17 heavy (non-hydrogen) atoms. The highest BCUT2D eigenvalue weighted by atomic mass is 35.5. The lowest BCUT2D eigenvalue weighted by Gasteiger charge is -2.12. The van der Waals surface area contributed by atoms with Gasteiger partial charge in [0.05, 0.1) is 17.5 Å². The standard InChI is InChI=1S/C10H5ClF3NO2/c11-6-1-5(2-9(16)17)7(4-15)8(3-6)10(12,13)14/h1,3H,2H2,(H,16,17). The molecule has 7 heteroatoms. The van der Waals surface area contributed by atoms with Crippen molar-refractivity contribution in [1.29, 1.82) is 5.26 Å². The molecule has 0 aliphatic carbocycles. The normalized spacial score (nSPS) is 11.0. The predicted molar refractivity (Wildman–Crippen MR) is 52.5 cm³/mol. The SMILES string of the molecule is N#Cc1c(CC(=O)O)cc(Cl)cc1C(F)(F)F. The molecule has 90 valence electrons. The van der Waals surface area contributed by atoms with Gasteiger partial charge in [0, 0.05) is 5.02 Å². The van der Waals surface area contributed by atoms with Crippen LogP contribution in [0.15, 0.2) is 12.1 Å². The first kappa shape index (κ1) is 13.3. The Balaban J connectivity index is 3.47. The molecule has 0 heterocycles. The quantitative estimate of drug-likeness (QED) is 0.892. The van der Waals surface area contributed by atoms with E-state index >= 15 is 0 Å². The summed E-state index contributed by atoms with van der Waals surface area (Å²) in [5.74, 6) is -1.34. The molecule has 1 aromatic rings. The number of alkyl halides is 3. The van der Waals surface area contributed by atoms with E-state index in [1.54, 1.807) is 0 Å². The van der Waals surface area contributed by atoms with E-state index in [1.807, 2.05) is 0 Å². The number of nitriles is 1. The van der Waals surface area contributed by atoms with E-state index in [-0.39, 0.29) is 10.6 Å². The molecule has 0 atom stereocenters. The van der Waals surface area contributed by atoms with Crippen LogP contribution < -0.4 is 0 Å². The largest absolute Gasteiger partial charge is 0.481 e. The van der Waals surface area contributed by atoms with Gasteiger partial charge in [0.1, 0.15) is 6.07 Å². The molecule has 0 saturated heterocycles. The van der Waals surface area contributed by atoms with Gasteiger partial charge in [-0.15, -0.1) is 0 Å². The summed E-state index contributed by atoms with van der Waals surface area (Å²) in [6.07, 6.45) is -5.43. The Morgan fingerprint density at radius 3 is 2.47 bits per heavy atom. The minimum absolute atomic E-state index is 0.250. The third-order valence-electron chi connectivity index (χ3n) is 1.94. The van der Waals surface area contributed by atoms with Gasteiger partial charge < -0.3 is 5.11 Å². The Bertz CT molecular complexity index is 505. The number of aliphatic carboxylic acids is 1. The van der Waals surface area contributed by atoms with E-state index in [0.717, 1.165) is 6.07 Å². The Morgan fingerprint density at radius 1 is 1.47 bits per heavy atom. The molecule has 0 bridgehead atoms. The van der Waals surface area contributed by atoms with Crippen molar-refractivity contribution in [3.63, 3.8) is 0 Å². The molecule has 1 rings (SSSR count). The highest BCUT2D eigenvalue weighted by molar-refractivity contribution is 6.30. The van der Waals surface area contributed by atoms with Crippen LogP contribution in [-0.4, -0.2) is 11.1 Å². The van der Waals surface area contributed by atoms with Crippen LogP contribution in [0, 0.1) is 11.3 Å². The van der Waals surface area contributed by atoms with E-state index in [4.69, 9.17) is 22.0 Å². The van der Waals surface area contributed by atoms with Gasteiger partial charge in [0.25, 0.3) is 0 Å². The highest BCUT2D eigenvalue weighted by Crippen LogP contribution is 2.35. The molecule has 0 radical (unpaired) electrons. The second-order valence-corrected chi connectivity index (χ2v) is 3.60. The first-order chi connectivity index (χ1) is 7.75. The Morgan fingerprint density at radius 2 is 2.06 bits per heavy atom. The summed E-state index contributed by atoms with van der Waals surface area (Å²) in [6.45, 7) is 0. The number of benzene rings is 1. The van der Waals surface area contributed by atoms with Crippen LogP contribution in [0.4, 0.5) is 13.2 Å². The zero-order valence-corrected chi connectivity index (χ0v) is 8.93. The molecule has 0 amide bonds. The van der Waals surface area contributed by atoms with Crippen molar-refractivity contribution in [3.8, 4) is 6.07 Å². The molecular formula is C10H5ClF3NO2. The van der Waals surface area contributed by atoms with Crippen molar-refractivity contribution in [2.75, 3.05) is 0 Å². The number of hydrogen-bond acceptors (Lipinski definition) is 2. The van der Waals surface area contributed by atoms with Gasteiger partial charge in [-0.3, -0.25) is 4.79 Å². The zero-order valence-electron chi connectivity index (χ0n) is 8.18. The average Bonchev–Trinajstić information content (AvgIpc) is 2.14. The molecule has 0 aromatic heterocycles. The van der Waals surface area contributed by atoms with E-state index in [1.165, 1.54) is 6.07 Å². The molecule has 0 spiro atoms. The second kappa shape index (κ2) is 4.63. The first-order valence-corrected chi connectivity index (χ1v) is 4.65. The van der Waals surface area contributed by atoms with E-state index in [2.05, 4.69) is 0 Å². The lowest BCUT2D eigenvalue weighted by molar-refractivity contribution is -0.139. The number of carbonyl (C=O) groups is 1. The van der Waals surface area contributed by atoms with Gasteiger partial charge >= 0.3 is 12.1 Å². The molecule has 0 aliphatic heterocycles. The van der Waals surface area contributed by atoms with Crippen molar-refractivity contribution >= 4 is 17.6 Å². The Labute approximate surface area is 99.0 Å². The van der Waals surface area contributed by atoms with E-state index < -0.39 is 29.7 Å². The minimum Gasteiger partial charge on any atom is -0.481 e. The van der Waals surface area contributed by atoms with E-state index in [9.17, 15) is 18.0 Å². The lowest BCUT2D eigenvalue weighted by atomic mass is 9.99. The molecular weight excluding hydrogens is 259 g/mol. The van der Waals surface area contributed by atoms with Crippen LogP contribution >= 0.6 is 11.6 Å². The summed E-state index contributed by atoms with van der Waals surface area (Å²) in [6, 6.07) is 3.01. The summed E-state index contributed by atoms with van der Waals surface area (Å²) in [5.41, 5.74) is -2.17. The summed E-state index contributed by atoms with van der Waals surface area (Å²) < 4.78 is 37.7. The van der Waals surface area contributed by atoms with Crippen LogP contribution in [0.25, 0.3) is 0 Å². The van der Waals surface area contributed by atoms with Gasteiger partial charge in [-0.25, -0.2) is 0 Å². The second-order valence-electron chi connectivity index (χ2n) is 3.17. The van der Waals surface area contributed by atoms with Crippen molar-refractivity contribution in [3.05, 3.63) is 33.8 Å². The van der Waals surface area contributed by atoms with Crippen LogP contribution in [0.1, 0.15) is 16.7 Å². The number of hydrogen-bond donors (Lipinski definition) is 1. The summed E-state index contributed by atoms with van der Waals surface area (Å²) in [7, 11) is 0. The monoisotopic (exact) mass is 263 g/mol. The third-order valence-corrected chi connectivity index (χ3v) is 2.16. The van der Waals surface area contributed by atoms with Crippen molar-refractivity contribution < 1.29 is 23.1 Å². The Kier molecular flexibility index (Phi) is 3.63. The van der Waals surface area contributed by atoms with Crippen molar-refractivity contribution in [1.82, 2.24) is 0 Å². The van der Waals surface area contributed by atoms with E-state index in [0.29, 0.717) is 6.07 Å². The van der Waals surface area contributed by atoms with Gasteiger partial charge in [0.2, 0.25) is 0 Å². The molecule has 0 unspecified atom stereocenters. The maximum Gasteiger partial charge on any atom is 0.417 e. The number of carboxylic acid groups (broad SMARTS) is 1. The van der Waals surface area contributed by atoms with Gasteiger partial charge in [-0.05, 0) is 17.7 Å². The third kappa shape index (κ3) is 3.11. The molecule has 3 nitrogen and oxygen atoms in total. The number of rotatable bonds is 2. The van der Waals surface area contributed by atoms with Crippen molar-refractivity contribution in [2.24, 2.45) is 0 Å². The maximum absolute atomic E-state index is 12.6. The van der Waals surface area contributed by atoms with Crippen molar-refractivity contribution in [2.45, 2.75) is 12.6 Å². The van der Waals surface area contributed by atoms with Gasteiger partial charge in [-0.1, -0.05) is 11.6 Å². The Hall–Kier alpha value is -1.74. The lowest BCUT2D eigenvalue weighted by Crippen LogP contribution is -2.12. The fourth-order valence-electron chi connectivity index (χ4n) is 1.32. The topological polar surface area (TPSA) is 61.1 Å². The number of nitrogens with zero attached hydrogens (tertiary/aromatic N) is 1. The molecule has 0 aliphatic rings. The highest BCUT2D eigenvalue weighted by Gasteiger charge is 2.35. The van der Waals surface area contributed by atoms with Crippen LogP contribution in [0.5, 0.6) is 0 Å². The predicted octanol–water partition coefficient (Wildman–Crippen LogP) is 2.86. The summed E-state index contributed by atoms with van der Waals surface area (Å²) in [5, 5.41) is 17.0. The number of halogens is 4. The number of carboxylic acids is 1.